The largest absolute Gasteiger partial charge is 0.420 e. The summed E-state index contributed by atoms with van der Waals surface area (Å²) in [6, 6.07) is -0.0230. The Labute approximate surface area is 263 Å². The molecule has 3 aliphatic carbocycles. The van der Waals surface area contributed by atoms with E-state index in [-0.39, 0.29) is 83.5 Å². The van der Waals surface area contributed by atoms with Gasteiger partial charge in [-0.3, -0.25) is 24.0 Å². The Kier molecular flexibility index (Phi) is 11.4. The Hall–Kier alpha value is -5.03. The third-order valence-electron chi connectivity index (χ3n) is 8.24. The maximum atomic E-state index is 14.1. The molecule has 1 aromatic rings. The number of rotatable bonds is 16. The molecule has 14 heteroatoms. The van der Waals surface area contributed by atoms with Crippen LogP contribution in [0.5, 0.6) is 5.75 Å². The van der Waals surface area contributed by atoms with E-state index in [4.69, 9.17) is 24.0 Å². The number of terminal acetylenes is 3. The van der Waals surface area contributed by atoms with E-state index >= 15 is 0 Å². The maximum absolute atomic E-state index is 14.1. The minimum Gasteiger partial charge on any atom is -0.420 e. The molecule has 2 bridgehead atoms. The molecule has 0 spiro atoms. The molecule has 0 unspecified atom stereocenters. The molecular formula is C32H32F4N4O6. The third-order valence-corrected chi connectivity index (χ3v) is 8.24. The molecule has 46 heavy (non-hydrogen) atoms. The van der Waals surface area contributed by atoms with Gasteiger partial charge in [-0.1, -0.05) is 17.8 Å². The van der Waals surface area contributed by atoms with Crippen molar-refractivity contribution in [2.24, 2.45) is 10.8 Å². The van der Waals surface area contributed by atoms with Crippen molar-refractivity contribution in [3.63, 3.8) is 0 Å². The van der Waals surface area contributed by atoms with Gasteiger partial charge in [0.05, 0.1) is 30.5 Å². The van der Waals surface area contributed by atoms with E-state index in [1.807, 2.05) is 0 Å². The van der Waals surface area contributed by atoms with Gasteiger partial charge in [-0.05, 0) is 38.5 Å². The van der Waals surface area contributed by atoms with Crippen LogP contribution in [0.2, 0.25) is 0 Å². The van der Waals surface area contributed by atoms with E-state index in [1.54, 1.807) is 0 Å². The van der Waals surface area contributed by atoms with Gasteiger partial charge in [0, 0.05) is 30.9 Å². The van der Waals surface area contributed by atoms with Crippen LogP contribution >= 0.6 is 0 Å². The molecule has 4 amide bonds. The lowest BCUT2D eigenvalue weighted by molar-refractivity contribution is -0.219. The fourth-order valence-corrected chi connectivity index (χ4v) is 5.80. The fourth-order valence-electron chi connectivity index (χ4n) is 5.80. The zero-order valence-corrected chi connectivity index (χ0v) is 24.8. The summed E-state index contributed by atoms with van der Waals surface area (Å²) < 4.78 is 60.1. The summed E-state index contributed by atoms with van der Waals surface area (Å²) in [5.41, 5.74) is -3.71. The molecule has 0 saturated heterocycles. The molecule has 3 fully saturated rings. The molecule has 0 radical (unpaired) electrons. The van der Waals surface area contributed by atoms with Crippen molar-refractivity contribution in [1.82, 2.24) is 21.3 Å². The second kappa shape index (κ2) is 14.8. The summed E-state index contributed by atoms with van der Waals surface area (Å²) in [7, 11) is 0. The zero-order valence-electron chi connectivity index (χ0n) is 24.8. The van der Waals surface area contributed by atoms with Crippen molar-refractivity contribution in [2.75, 3.05) is 19.6 Å². The second-order valence-corrected chi connectivity index (χ2v) is 11.5. The Morgan fingerprint density at radius 2 is 1.11 bits per heavy atom. The van der Waals surface area contributed by atoms with Crippen LogP contribution in [-0.2, 0) is 24.0 Å². The van der Waals surface area contributed by atoms with E-state index in [0.29, 0.717) is 0 Å². The molecule has 1 aromatic carbocycles. The number of carbonyl (C=O) groups is 5. The van der Waals surface area contributed by atoms with Gasteiger partial charge >= 0.3 is 5.97 Å². The number of esters is 1. The van der Waals surface area contributed by atoms with Gasteiger partial charge in [0.15, 0.2) is 11.6 Å². The van der Waals surface area contributed by atoms with E-state index < -0.39 is 75.0 Å². The SMILES string of the molecule is C#CCNC(=O)CCC(CCC(=O)NCC#C)(CCC(=O)NCC#C)NC(=O)C12CC(C(=O)Oc3c(F)c(F)cc(F)c3F)(C1)C2. The molecule has 10 nitrogen and oxygen atoms in total. The summed E-state index contributed by atoms with van der Waals surface area (Å²) in [5, 5.41) is 10.5. The molecule has 0 aliphatic heterocycles. The number of amides is 4. The van der Waals surface area contributed by atoms with Crippen molar-refractivity contribution in [2.45, 2.75) is 63.3 Å². The highest BCUT2D eigenvalue weighted by Crippen LogP contribution is 2.74. The quantitative estimate of drug-likeness (QED) is 0.0711. The maximum Gasteiger partial charge on any atom is 0.317 e. The molecular weight excluding hydrogens is 612 g/mol. The van der Waals surface area contributed by atoms with Crippen LogP contribution in [0.4, 0.5) is 17.6 Å². The minimum atomic E-state index is -1.88. The molecule has 3 saturated carbocycles. The van der Waals surface area contributed by atoms with Crippen LogP contribution in [-0.4, -0.2) is 54.8 Å². The van der Waals surface area contributed by atoms with Crippen LogP contribution in [0.25, 0.3) is 0 Å². The normalized spacial score (nSPS) is 19.1. The summed E-state index contributed by atoms with van der Waals surface area (Å²) in [6.45, 7) is -0.129. The molecule has 3 aliphatic rings. The monoisotopic (exact) mass is 644 g/mol. The summed E-state index contributed by atoms with van der Waals surface area (Å²) >= 11 is 0. The molecule has 4 rings (SSSR count). The Bertz CT molecular complexity index is 1410. The Morgan fingerprint density at radius 1 is 0.717 bits per heavy atom. The van der Waals surface area contributed by atoms with E-state index in [1.165, 1.54) is 0 Å². The molecule has 0 atom stereocenters. The average molecular weight is 645 g/mol. The number of ether oxygens (including phenoxy) is 1. The molecule has 0 aromatic heterocycles. The highest BCUT2D eigenvalue weighted by Gasteiger charge is 2.76. The van der Waals surface area contributed by atoms with Gasteiger partial charge in [0.25, 0.3) is 0 Å². The van der Waals surface area contributed by atoms with Crippen molar-refractivity contribution >= 4 is 29.6 Å². The zero-order chi connectivity index (χ0) is 34.1. The number of hydrogen-bond acceptors (Lipinski definition) is 6. The first kappa shape index (κ1) is 35.4. The Morgan fingerprint density at radius 3 is 1.48 bits per heavy atom. The lowest BCUT2D eigenvalue weighted by Crippen LogP contribution is -2.72. The smallest absolute Gasteiger partial charge is 0.317 e. The number of nitrogens with one attached hydrogen (secondary N) is 4. The van der Waals surface area contributed by atoms with Crippen LogP contribution in [0.3, 0.4) is 0 Å². The Balaban J connectivity index is 1.79. The lowest BCUT2D eigenvalue weighted by Gasteiger charge is -2.67. The van der Waals surface area contributed by atoms with Gasteiger partial charge in [0.2, 0.25) is 41.0 Å². The van der Waals surface area contributed by atoms with E-state index in [0.717, 1.165) is 0 Å². The van der Waals surface area contributed by atoms with Gasteiger partial charge in [0.1, 0.15) is 0 Å². The third kappa shape index (κ3) is 7.97. The lowest BCUT2D eigenvalue weighted by atomic mass is 9.34. The standard InChI is InChI=1S/C32H32F4N4O6/c1-4-13-37-22(41)7-10-32(11-8-23(42)38-14-5-2,12-9-24(43)39-15-6-3)40-28(44)30-17-31(18-30,19-30)29(45)46-27-25(35)20(33)16-21(34)26(27)36/h1-3,16H,7-15,17-19H2,(H,37,41)(H,38,42)(H,39,43)(H,40,44). The minimum absolute atomic E-state index is 0.00701. The highest BCUT2D eigenvalue weighted by molar-refractivity contribution is 5.95. The van der Waals surface area contributed by atoms with Crippen molar-refractivity contribution < 1.29 is 46.3 Å². The van der Waals surface area contributed by atoms with Gasteiger partial charge in [-0.15, -0.1) is 19.3 Å². The average Bonchev–Trinajstić information content (AvgIpc) is 2.98. The van der Waals surface area contributed by atoms with Crippen LogP contribution in [0.15, 0.2) is 6.07 Å². The number of halogens is 4. The summed E-state index contributed by atoms with van der Waals surface area (Å²) in [6.07, 6.45) is 14.9. The van der Waals surface area contributed by atoms with Crippen LogP contribution in [0, 0.1) is 71.1 Å². The fraction of sp³-hybridized carbons (Fsp3) is 0.469. The predicted octanol–water partition coefficient (Wildman–Crippen LogP) is 1.76. The second-order valence-electron chi connectivity index (χ2n) is 11.5. The van der Waals surface area contributed by atoms with Crippen molar-refractivity contribution in [3.05, 3.63) is 29.3 Å². The topological polar surface area (TPSA) is 143 Å². The first-order valence-electron chi connectivity index (χ1n) is 14.2. The number of carbonyl (C=O) groups excluding carboxylic acids is 5. The summed E-state index contributed by atoms with van der Waals surface area (Å²) in [5.74, 6) is -4.97. The van der Waals surface area contributed by atoms with Crippen LogP contribution in [0.1, 0.15) is 57.8 Å². The van der Waals surface area contributed by atoms with Gasteiger partial charge < -0.3 is 26.0 Å². The number of hydrogen-bond donors (Lipinski definition) is 4. The number of benzene rings is 1. The van der Waals surface area contributed by atoms with E-state index in [9.17, 15) is 41.5 Å². The van der Waals surface area contributed by atoms with Gasteiger partial charge in [-0.25, -0.2) is 8.78 Å². The summed E-state index contributed by atoms with van der Waals surface area (Å²) in [4.78, 5) is 63.9. The van der Waals surface area contributed by atoms with E-state index in [2.05, 4.69) is 39.0 Å². The predicted molar refractivity (Wildman–Crippen MR) is 155 cm³/mol. The molecule has 4 N–H and O–H groups in total. The van der Waals surface area contributed by atoms with Gasteiger partial charge in [-0.2, -0.15) is 8.78 Å². The molecule has 244 valence electrons. The van der Waals surface area contributed by atoms with Crippen molar-refractivity contribution in [3.8, 4) is 42.8 Å². The first-order valence-corrected chi connectivity index (χ1v) is 14.2. The molecule has 0 heterocycles. The highest BCUT2D eigenvalue weighted by atomic mass is 19.2. The van der Waals surface area contributed by atoms with Crippen LogP contribution < -0.4 is 26.0 Å². The first-order chi connectivity index (χ1) is 21.8. The van der Waals surface area contributed by atoms with Crippen molar-refractivity contribution in [1.29, 1.82) is 0 Å².